The predicted octanol–water partition coefficient (Wildman–Crippen LogP) is 3.89. The van der Waals surface area contributed by atoms with Crippen molar-refractivity contribution in [1.29, 1.82) is 0 Å². The van der Waals surface area contributed by atoms with Crippen molar-refractivity contribution in [3.63, 3.8) is 0 Å². The summed E-state index contributed by atoms with van der Waals surface area (Å²) in [6.45, 7) is 6.83. The molecule has 0 aromatic carbocycles. The second-order valence-electron chi connectivity index (χ2n) is 6.44. The van der Waals surface area contributed by atoms with Gasteiger partial charge < -0.3 is 10.1 Å². The monoisotopic (exact) mass is 253 g/mol. The van der Waals surface area contributed by atoms with E-state index in [1.165, 1.54) is 64.3 Å². The lowest BCUT2D eigenvalue weighted by atomic mass is 9.83. The average molecular weight is 253 g/mol. The molecule has 1 saturated carbocycles. The molecule has 0 amide bonds. The summed E-state index contributed by atoms with van der Waals surface area (Å²) in [5.74, 6) is 0. The Morgan fingerprint density at radius 1 is 1.22 bits per heavy atom. The molecule has 1 saturated heterocycles. The van der Waals surface area contributed by atoms with E-state index in [2.05, 4.69) is 19.2 Å². The molecular formula is C16H31NO. The molecule has 0 aromatic rings. The molecule has 2 nitrogen and oxygen atoms in total. The van der Waals surface area contributed by atoms with Gasteiger partial charge in [-0.15, -0.1) is 0 Å². The quantitative estimate of drug-likeness (QED) is 0.775. The number of nitrogens with one attached hydrogen (secondary N) is 1. The fourth-order valence-electron chi connectivity index (χ4n) is 3.73. The minimum atomic E-state index is 0.516. The molecule has 0 radical (unpaired) electrons. The lowest BCUT2D eigenvalue weighted by molar-refractivity contribution is -0.00500. The van der Waals surface area contributed by atoms with Crippen molar-refractivity contribution in [3.05, 3.63) is 0 Å². The zero-order valence-electron chi connectivity index (χ0n) is 12.3. The van der Waals surface area contributed by atoms with Crippen LogP contribution >= 0.6 is 0 Å². The summed E-state index contributed by atoms with van der Waals surface area (Å²) in [6, 6.07) is 0.708. The second-order valence-corrected chi connectivity index (χ2v) is 6.44. The van der Waals surface area contributed by atoms with Crippen LogP contribution in [0.15, 0.2) is 0 Å². The summed E-state index contributed by atoms with van der Waals surface area (Å²) in [5, 5.41) is 3.86. The topological polar surface area (TPSA) is 21.3 Å². The van der Waals surface area contributed by atoms with E-state index in [-0.39, 0.29) is 0 Å². The smallest absolute Gasteiger partial charge is 0.0589 e. The minimum Gasteiger partial charge on any atom is -0.378 e. The van der Waals surface area contributed by atoms with Crippen molar-refractivity contribution >= 4 is 0 Å². The molecule has 0 aromatic heterocycles. The fraction of sp³-hybridized carbons (Fsp3) is 1.00. The third kappa shape index (κ3) is 3.71. The number of hydrogen-bond acceptors (Lipinski definition) is 2. The molecular weight excluding hydrogens is 222 g/mol. The minimum absolute atomic E-state index is 0.516. The van der Waals surface area contributed by atoms with Gasteiger partial charge in [-0.05, 0) is 43.9 Å². The van der Waals surface area contributed by atoms with Gasteiger partial charge in [-0.3, -0.25) is 0 Å². The van der Waals surface area contributed by atoms with E-state index in [4.69, 9.17) is 4.74 Å². The molecule has 18 heavy (non-hydrogen) atoms. The van der Waals surface area contributed by atoms with Gasteiger partial charge in [0.15, 0.2) is 0 Å². The molecule has 1 heterocycles. The third-order valence-electron chi connectivity index (χ3n) is 5.16. The van der Waals surface area contributed by atoms with Crippen molar-refractivity contribution in [2.45, 2.75) is 83.8 Å². The highest BCUT2D eigenvalue weighted by Gasteiger charge is 2.33. The van der Waals surface area contributed by atoms with Gasteiger partial charge in [0, 0.05) is 19.2 Å². The van der Waals surface area contributed by atoms with Crippen LogP contribution in [0.3, 0.4) is 0 Å². The standard InChI is InChI=1S/C16H31NO/c1-3-7-15-12-14(8-11-18-15)17-13-16(4-2)9-5-6-10-16/h14-15,17H,3-13H2,1-2H3. The Labute approximate surface area is 113 Å². The first kappa shape index (κ1) is 14.3. The maximum atomic E-state index is 5.83. The Hall–Kier alpha value is -0.0800. The highest BCUT2D eigenvalue weighted by molar-refractivity contribution is 4.87. The van der Waals surface area contributed by atoms with Crippen LogP contribution < -0.4 is 5.32 Å². The second kappa shape index (κ2) is 6.91. The van der Waals surface area contributed by atoms with E-state index in [1.807, 2.05) is 0 Å². The Balaban J connectivity index is 1.75. The Morgan fingerprint density at radius 3 is 2.67 bits per heavy atom. The van der Waals surface area contributed by atoms with Crippen LogP contribution in [0.4, 0.5) is 0 Å². The average Bonchev–Trinajstić information content (AvgIpc) is 2.87. The summed E-state index contributed by atoms with van der Waals surface area (Å²) in [5.41, 5.74) is 0.624. The largest absolute Gasteiger partial charge is 0.378 e. The first-order valence-electron chi connectivity index (χ1n) is 8.13. The fourth-order valence-corrected chi connectivity index (χ4v) is 3.73. The first-order chi connectivity index (χ1) is 8.78. The molecule has 2 atom stereocenters. The molecule has 0 bridgehead atoms. The zero-order chi connectivity index (χ0) is 12.8. The van der Waals surface area contributed by atoms with Gasteiger partial charge >= 0.3 is 0 Å². The normalized spacial score (nSPS) is 31.7. The van der Waals surface area contributed by atoms with Crippen LogP contribution in [0.5, 0.6) is 0 Å². The van der Waals surface area contributed by atoms with Crippen molar-refractivity contribution in [3.8, 4) is 0 Å². The summed E-state index contributed by atoms with van der Waals surface area (Å²) >= 11 is 0. The lowest BCUT2D eigenvalue weighted by Crippen LogP contribution is -2.43. The summed E-state index contributed by atoms with van der Waals surface area (Å²) in [4.78, 5) is 0. The molecule has 2 rings (SSSR count). The number of ether oxygens (including phenoxy) is 1. The van der Waals surface area contributed by atoms with Gasteiger partial charge in [0.05, 0.1) is 6.10 Å². The Kier molecular flexibility index (Phi) is 5.50. The molecule has 2 unspecified atom stereocenters. The van der Waals surface area contributed by atoms with E-state index in [0.29, 0.717) is 17.6 Å². The van der Waals surface area contributed by atoms with Crippen LogP contribution in [0, 0.1) is 5.41 Å². The van der Waals surface area contributed by atoms with E-state index in [0.717, 1.165) is 6.61 Å². The molecule has 2 aliphatic rings. The molecule has 0 spiro atoms. The number of hydrogen-bond donors (Lipinski definition) is 1. The molecule has 2 heteroatoms. The third-order valence-corrected chi connectivity index (χ3v) is 5.16. The maximum Gasteiger partial charge on any atom is 0.0589 e. The first-order valence-corrected chi connectivity index (χ1v) is 8.13. The van der Waals surface area contributed by atoms with Crippen LogP contribution in [0.25, 0.3) is 0 Å². The van der Waals surface area contributed by atoms with E-state index in [1.54, 1.807) is 0 Å². The van der Waals surface area contributed by atoms with Crippen LogP contribution in [0.1, 0.15) is 71.6 Å². The summed E-state index contributed by atoms with van der Waals surface area (Å²) in [6.07, 6.45) is 12.6. The van der Waals surface area contributed by atoms with Crippen LogP contribution in [-0.2, 0) is 4.74 Å². The molecule has 1 N–H and O–H groups in total. The van der Waals surface area contributed by atoms with E-state index in [9.17, 15) is 0 Å². The van der Waals surface area contributed by atoms with Crippen LogP contribution in [-0.4, -0.2) is 25.3 Å². The lowest BCUT2D eigenvalue weighted by Gasteiger charge is -2.34. The van der Waals surface area contributed by atoms with E-state index < -0.39 is 0 Å². The highest BCUT2D eigenvalue weighted by atomic mass is 16.5. The van der Waals surface area contributed by atoms with Gasteiger partial charge in [0.2, 0.25) is 0 Å². The van der Waals surface area contributed by atoms with Gasteiger partial charge in [-0.25, -0.2) is 0 Å². The van der Waals surface area contributed by atoms with Crippen molar-refractivity contribution in [2.75, 3.05) is 13.2 Å². The van der Waals surface area contributed by atoms with Crippen molar-refractivity contribution < 1.29 is 4.74 Å². The zero-order valence-corrected chi connectivity index (χ0v) is 12.3. The van der Waals surface area contributed by atoms with Gasteiger partial charge in [-0.1, -0.05) is 33.1 Å². The Bertz CT molecular complexity index is 233. The van der Waals surface area contributed by atoms with Crippen molar-refractivity contribution in [1.82, 2.24) is 5.32 Å². The van der Waals surface area contributed by atoms with Gasteiger partial charge in [0.1, 0.15) is 0 Å². The van der Waals surface area contributed by atoms with Crippen molar-refractivity contribution in [2.24, 2.45) is 5.41 Å². The molecule has 1 aliphatic heterocycles. The highest BCUT2D eigenvalue weighted by Crippen LogP contribution is 2.40. The summed E-state index contributed by atoms with van der Waals surface area (Å²) in [7, 11) is 0. The summed E-state index contributed by atoms with van der Waals surface area (Å²) < 4.78 is 5.83. The molecule has 2 fully saturated rings. The molecule has 1 aliphatic carbocycles. The molecule has 106 valence electrons. The van der Waals surface area contributed by atoms with Gasteiger partial charge in [-0.2, -0.15) is 0 Å². The predicted molar refractivity (Wildman–Crippen MR) is 76.9 cm³/mol. The van der Waals surface area contributed by atoms with Crippen LogP contribution in [0.2, 0.25) is 0 Å². The van der Waals surface area contributed by atoms with Gasteiger partial charge in [0.25, 0.3) is 0 Å². The van der Waals surface area contributed by atoms with E-state index >= 15 is 0 Å². The number of rotatable bonds is 6. The Morgan fingerprint density at radius 2 is 2.00 bits per heavy atom. The SMILES string of the molecule is CCCC1CC(NCC2(CC)CCCC2)CCO1. The maximum absolute atomic E-state index is 5.83.